The van der Waals surface area contributed by atoms with E-state index in [4.69, 9.17) is 15.2 Å². The number of aromatic nitrogens is 3. The number of aliphatic hydroxyl groups excluding tert-OH is 1. The molecule has 2 heterocycles. The molecule has 0 fully saturated rings. The first-order valence-corrected chi connectivity index (χ1v) is 8.78. The van der Waals surface area contributed by atoms with Crippen molar-refractivity contribution in [3.63, 3.8) is 0 Å². The fourth-order valence-corrected chi connectivity index (χ4v) is 2.55. The fraction of sp³-hybridized carbons (Fsp3) is 0.500. The van der Waals surface area contributed by atoms with Crippen LogP contribution in [0.1, 0.15) is 38.3 Å². The van der Waals surface area contributed by atoms with E-state index in [-0.39, 0.29) is 38.7 Å². The molecule has 27 heavy (non-hydrogen) atoms. The second-order valence-corrected chi connectivity index (χ2v) is 5.88. The van der Waals surface area contributed by atoms with Crippen LogP contribution in [-0.2, 0) is 6.61 Å². The zero-order valence-corrected chi connectivity index (χ0v) is 16.8. The van der Waals surface area contributed by atoms with Crippen LogP contribution in [0, 0.1) is 0 Å². The molecule has 0 saturated carbocycles. The Balaban J connectivity index is 0.00000364. The minimum Gasteiger partial charge on any atom is -0.495 e. The van der Waals surface area contributed by atoms with E-state index in [1.165, 1.54) is 6.20 Å². The van der Waals surface area contributed by atoms with E-state index >= 15 is 0 Å². The van der Waals surface area contributed by atoms with Crippen LogP contribution < -0.4 is 20.5 Å². The Morgan fingerprint density at radius 2 is 2.07 bits per heavy atom. The Bertz CT molecular complexity index is 690. The van der Waals surface area contributed by atoms with Crippen LogP contribution in [-0.4, -0.2) is 39.8 Å². The van der Waals surface area contributed by atoms with E-state index in [9.17, 15) is 5.11 Å². The van der Waals surface area contributed by atoms with Crippen LogP contribution in [0.5, 0.6) is 11.5 Å². The molecule has 1 atom stereocenters. The third-order valence-corrected chi connectivity index (χ3v) is 3.93. The second-order valence-electron chi connectivity index (χ2n) is 5.88. The molecule has 0 amide bonds. The highest BCUT2D eigenvalue weighted by molar-refractivity contribution is 7.59. The molecule has 0 aliphatic heterocycles. The Labute approximate surface area is 167 Å². The number of unbranched alkanes of at least 4 members (excludes halogenated alkanes) is 1. The highest BCUT2D eigenvalue weighted by atomic mass is 32.1. The summed E-state index contributed by atoms with van der Waals surface area (Å²) in [6, 6.07) is 3.71. The Kier molecular flexibility index (Phi) is 10.3. The molecule has 9 heteroatoms. The maximum absolute atomic E-state index is 9.30. The number of rotatable bonds is 11. The quantitative estimate of drug-likeness (QED) is 0.531. The minimum absolute atomic E-state index is 0. The van der Waals surface area contributed by atoms with Crippen molar-refractivity contribution in [2.75, 3.05) is 24.8 Å². The van der Waals surface area contributed by atoms with Crippen molar-refractivity contribution in [1.82, 2.24) is 15.0 Å². The smallest absolute Gasteiger partial charge is 0.222 e. The fourth-order valence-electron chi connectivity index (χ4n) is 2.55. The molecule has 2 aromatic heterocycles. The molecule has 2 rings (SSSR count). The molecule has 150 valence electrons. The first kappa shape index (κ1) is 22.8. The van der Waals surface area contributed by atoms with Gasteiger partial charge >= 0.3 is 0 Å². The van der Waals surface area contributed by atoms with Crippen molar-refractivity contribution in [2.24, 2.45) is 0 Å². The number of hydrogen-bond donors (Lipinski definition) is 3. The summed E-state index contributed by atoms with van der Waals surface area (Å²) in [5, 5.41) is 12.6. The molecular formula is C18H29N5O3S. The predicted octanol–water partition coefficient (Wildman–Crippen LogP) is 2.51. The van der Waals surface area contributed by atoms with Gasteiger partial charge in [0, 0.05) is 18.8 Å². The molecule has 0 aliphatic rings. The van der Waals surface area contributed by atoms with Gasteiger partial charge < -0.3 is 25.6 Å². The van der Waals surface area contributed by atoms with E-state index < -0.39 is 0 Å². The predicted molar refractivity (Wildman–Crippen MR) is 111 cm³/mol. The van der Waals surface area contributed by atoms with Gasteiger partial charge in [0.1, 0.15) is 18.1 Å². The lowest BCUT2D eigenvalue weighted by molar-refractivity contribution is 0.274. The number of aliphatic hydroxyl groups is 1. The second kappa shape index (κ2) is 12.2. The first-order valence-electron chi connectivity index (χ1n) is 8.78. The summed E-state index contributed by atoms with van der Waals surface area (Å²) in [4.78, 5) is 12.5. The van der Waals surface area contributed by atoms with Gasteiger partial charge in [-0.2, -0.15) is 18.5 Å². The van der Waals surface area contributed by atoms with Crippen molar-refractivity contribution < 1.29 is 14.6 Å². The maximum Gasteiger partial charge on any atom is 0.222 e. The van der Waals surface area contributed by atoms with Crippen LogP contribution in [0.15, 0.2) is 24.5 Å². The zero-order valence-electron chi connectivity index (χ0n) is 15.8. The Hall–Kier alpha value is -2.26. The molecule has 2 aromatic rings. The standard InChI is InChI=1S/C18H27N5O3.H2S/c1-3-4-6-13(8-10-24)22-17-16(11-21-18(19)23-17)26-12-14-15(25-2)7-5-9-20-14;/h5,7,9,11,13,24H,3-4,6,8,10,12H2,1-2H3,(H3,19,21,22,23);1H2/t13-;/m0./s1. The summed E-state index contributed by atoms with van der Waals surface area (Å²) in [6.07, 6.45) is 6.90. The molecule has 0 aromatic carbocycles. The lowest BCUT2D eigenvalue weighted by atomic mass is 10.1. The number of nitrogens with two attached hydrogens (primary N) is 1. The van der Waals surface area contributed by atoms with E-state index in [0.29, 0.717) is 29.4 Å². The Morgan fingerprint density at radius 1 is 1.26 bits per heavy atom. The van der Waals surface area contributed by atoms with Gasteiger partial charge in [-0.1, -0.05) is 19.8 Å². The number of nitrogens with one attached hydrogen (secondary N) is 1. The van der Waals surface area contributed by atoms with Gasteiger partial charge in [-0.25, -0.2) is 4.98 Å². The topological polar surface area (TPSA) is 115 Å². The van der Waals surface area contributed by atoms with Crippen LogP contribution in [0.4, 0.5) is 11.8 Å². The molecular weight excluding hydrogens is 366 g/mol. The minimum atomic E-state index is 0. The molecule has 0 unspecified atom stereocenters. The summed E-state index contributed by atoms with van der Waals surface area (Å²) in [5.41, 5.74) is 6.41. The molecule has 8 nitrogen and oxygen atoms in total. The average molecular weight is 396 g/mol. The summed E-state index contributed by atoms with van der Waals surface area (Å²) in [5.74, 6) is 1.81. The van der Waals surface area contributed by atoms with E-state index in [2.05, 4.69) is 27.2 Å². The Morgan fingerprint density at radius 3 is 2.78 bits per heavy atom. The van der Waals surface area contributed by atoms with E-state index in [1.54, 1.807) is 19.4 Å². The van der Waals surface area contributed by atoms with Crippen LogP contribution in [0.25, 0.3) is 0 Å². The monoisotopic (exact) mass is 395 g/mol. The van der Waals surface area contributed by atoms with Crippen molar-refractivity contribution >= 4 is 25.3 Å². The van der Waals surface area contributed by atoms with Gasteiger partial charge in [-0.15, -0.1) is 0 Å². The normalized spacial score (nSPS) is 11.4. The lowest BCUT2D eigenvalue weighted by Crippen LogP contribution is -2.22. The molecule has 4 N–H and O–H groups in total. The third kappa shape index (κ3) is 7.10. The zero-order chi connectivity index (χ0) is 18.8. The van der Waals surface area contributed by atoms with Crippen LogP contribution in [0.2, 0.25) is 0 Å². The van der Waals surface area contributed by atoms with Gasteiger partial charge in [0.2, 0.25) is 5.95 Å². The number of nitrogen functional groups attached to an aromatic ring is 1. The number of hydrogen-bond acceptors (Lipinski definition) is 8. The van der Waals surface area contributed by atoms with E-state index in [1.807, 2.05) is 6.07 Å². The highest BCUT2D eigenvalue weighted by Crippen LogP contribution is 2.26. The summed E-state index contributed by atoms with van der Waals surface area (Å²) < 4.78 is 11.1. The van der Waals surface area contributed by atoms with Crippen molar-refractivity contribution in [3.05, 3.63) is 30.2 Å². The van der Waals surface area contributed by atoms with Crippen molar-refractivity contribution in [1.29, 1.82) is 0 Å². The molecule has 0 saturated heterocycles. The number of nitrogens with zero attached hydrogens (tertiary/aromatic N) is 3. The molecule has 0 aliphatic carbocycles. The summed E-state index contributed by atoms with van der Waals surface area (Å²) in [6.45, 7) is 2.45. The largest absolute Gasteiger partial charge is 0.495 e. The number of methoxy groups -OCH3 is 1. The van der Waals surface area contributed by atoms with Crippen molar-refractivity contribution in [2.45, 2.75) is 45.3 Å². The highest BCUT2D eigenvalue weighted by Gasteiger charge is 2.15. The third-order valence-electron chi connectivity index (χ3n) is 3.93. The number of ether oxygens (including phenoxy) is 2. The summed E-state index contributed by atoms with van der Waals surface area (Å²) in [7, 11) is 1.59. The lowest BCUT2D eigenvalue weighted by Gasteiger charge is -2.20. The maximum atomic E-state index is 9.30. The van der Waals surface area contributed by atoms with Crippen LogP contribution in [0.3, 0.4) is 0 Å². The average Bonchev–Trinajstić information content (AvgIpc) is 2.66. The number of anilines is 2. The van der Waals surface area contributed by atoms with Gasteiger partial charge in [0.05, 0.1) is 13.3 Å². The van der Waals surface area contributed by atoms with E-state index in [0.717, 1.165) is 19.3 Å². The van der Waals surface area contributed by atoms with Gasteiger partial charge in [0.15, 0.2) is 11.6 Å². The van der Waals surface area contributed by atoms with Gasteiger partial charge in [0.25, 0.3) is 0 Å². The van der Waals surface area contributed by atoms with Gasteiger partial charge in [-0.05, 0) is 25.0 Å². The SMILES string of the molecule is CCCC[C@@H](CCO)Nc1nc(N)ncc1OCc1ncccc1OC.S. The van der Waals surface area contributed by atoms with Crippen LogP contribution >= 0.6 is 13.5 Å². The number of pyridine rings is 1. The molecule has 0 bridgehead atoms. The first-order chi connectivity index (χ1) is 12.7. The van der Waals surface area contributed by atoms with Crippen molar-refractivity contribution in [3.8, 4) is 11.5 Å². The van der Waals surface area contributed by atoms with Gasteiger partial charge in [-0.3, -0.25) is 4.98 Å². The summed E-state index contributed by atoms with van der Waals surface area (Å²) >= 11 is 0. The molecule has 0 spiro atoms. The molecule has 0 radical (unpaired) electrons.